The second-order valence-electron chi connectivity index (χ2n) is 3.44. The van der Waals surface area contributed by atoms with Gasteiger partial charge in [0.15, 0.2) is 0 Å². The molecule has 2 rings (SSSR count). The van der Waals surface area contributed by atoms with Gasteiger partial charge >= 0.3 is 0 Å². The largest absolute Gasteiger partial charge is 0.371 e. The molecule has 1 aliphatic rings. The molecule has 0 amide bonds. The highest BCUT2D eigenvalue weighted by molar-refractivity contribution is 5.39. The third-order valence-corrected chi connectivity index (χ3v) is 2.38. The summed E-state index contributed by atoms with van der Waals surface area (Å²) in [7, 11) is 0. The number of rotatable bonds is 3. The molecule has 0 unspecified atom stereocenters. The molecule has 0 atom stereocenters. The number of pyridine rings is 1. The van der Waals surface area contributed by atoms with Crippen molar-refractivity contribution in [3.05, 3.63) is 24.5 Å². The Balaban J connectivity index is 1.76. The van der Waals surface area contributed by atoms with E-state index in [1.165, 1.54) is 0 Å². The minimum absolute atomic E-state index is 0.910. The molecule has 0 radical (unpaired) electrons. The zero-order chi connectivity index (χ0) is 9.64. The molecule has 0 spiro atoms. The van der Waals surface area contributed by atoms with Crippen molar-refractivity contribution in [3.63, 3.8) is 0 Å². The zero-order valence-electron chi connectivity index (χ0n) is 8.24. The van der Waals surface area contributed by atoms with Crippen LogP contribution >= 0.6 is 0 Å². The lowest BCUT2D eigenvalue weighted by Crippen LogP contribution is -2.45. The number of hydrogen-bond donors (Lipinski definition) is 2. The minimum Gasteiger partial charge on any atom is -0.371 e. The molecule has 1 aliphatic heterocycles. The summed E-state index contributed by atoms with van der Waals surface area (Å²) >= 11 is 0. The fraction of sp³-hybridized carbons (Fsp3) is 0.500. The van der Waals surface area contributed by atoms with E-state index in [0.717, 1.165) is 38.5 Å². The molecule has 0 bridgehead atoms. The molecule has 1 aromatic heterocycles. The van der Waals surface area contributed by atoms with E-state index >= 15 is 0 Å². The molecule has 2 heterocycles. The molecule has 0 aromatic carbocycles. The molecule has 1 saturated heterocycles. The first kappa shape index (κ1) is 9.43. The molecule has 4 nitrogen and oxygen atoms in total. The summed E-state index contributed by atoms with van der Waals surface area (Å²) in [5.41, 5.74) is 1.09. The van der Waals surface area contributed by atoms with E-state index < -0.39 is 0 Å². The van der Waals surface area contributed by atoms with Gasteiger partial charge in [0.25, 0.3) is 0 Å². The van der Waals surface area contributed by atoms with Gasteiger partial charge in [-0.3, -0.25) is 9.88 Å². The number of nitrogens with one attached hydrogen (secondary N) is 2. The Hall–Kier alpha value is -1.13. The normalized spacial score (nSPS) is 18.0. The fourth-order valence-electron chi connectivity index (χ4n) is 1.54. The van der Waals surface area contributed by atoms with Crippen molar-refractivity contribution in [1.29, 1.82) is 0 Å². The molecule has 4 heteroatoms. The van der Waals surface area contributed by atoms with Gasteiger partial charge in [0, 0.05) is 38.6 Å². The molecule has 14 heavy (non-hydrogen) atoms. The van der Waals surface area contributed by atoms with E-state index in [4.69, 9.17) is 0 Å². The van der Waals surface area contributed by atoms with Crippen LogP contribution in [0.2, 0.25) is 0 Å². The molecule has 0 saturated carbocycles. The summed E-state index contributed by atoms with van der Waals surface area (Å²) in [4.78, 5) is 6.45. The number of hydrogen-bond acceptors (Lipinski definition) is 4. The third kappa shape index (κ3) is 2.68. The lowest BCUT2D eigenvalue weighted by Gasteiger charge is -2.27. The Morgan fingerprint density at radius 1 is 1.43 bits per heavy atom. The first-order chi connectivity index (χ1) is 6.95. The smallest absolute Gasteiger partial charge is 0.0679 e. The summed E-state index contributed by atoms with van der Waals surface area (Å²) in [6.07, 6.45) is 3.64. The highest BCUT2D eigenvalue weighted by Crippen LogP contribution is 2.02. The highest BCUT2D eigenvalue weighted by atomic mass is 15.3. The second-order valence-corrected chi connectivity index (χ2v) is 3.44. The van der Waals surface area contributed by atoms with E-state index in [1.807, 2.05) is 18.3 Å². The summed E-state index contributed by atoms with van der Waals surface area (Å²) in [6, 6.07) is 3.98. The van der Waals surface area contributed by atoms with Crippen LogP contribution in [0, 0.1) is 0 Å². The molecular formula is C10H16N4. The van der Waals surface area contributed by atoms with Crippen LogP contribution in [0.1, 0.15) is 0 Å². The Labute approximate surface area is 84.3 Å². The predicted octanol–water partition coefficient (Wildman–Crippen LogP) is 0.356. The Kier molecular flexibility index (Phi) is 3.32. The first-order valence-corrected chi connectivity index (χ1v) is 5.02. The lowest BCUT2D eigenvalue weighted by atomic mass is 10.4. The van der Waals surface area contributed by atoms with Gasteiger partial charge in [-0.05, 0) is 12.1 Å². The number of piperazine rings is 1. The number of anilines is 1. The Morgan fingerprint density at radius 3 is 3.00 bits per heavy atom. The van der Waals surface area contributed by atoms with Crippen LogP contribution in [0.15, 0.2) is 24.5 Å². The fourth-order valence-corrected chi connectivity index (χ4v) is 1.54. The summed E-state index contributed by atoms with van der Waals surface area (Å²) < 4.78 is 0. The molecule has 1 fully saturated rings. The van der Waals surface area contributed by atoms with Crippen molar-refractivity contribution in [2.24, 2.45) is 0 Å². The van der Waals surface area contributed by atoms with Gasteiger partial charge in [-0.2, -0.15) is 0 Å². The monoisotopic (exact) mass is 192 g/mol. The Bertz CT molecular complexity index is 256. The van der Waals surface area contributed by atoms with Crippen molar-refractivity contribution in [1.82, 2.24) is 15.2 Å². The van der Waals surface area contributed by atoms with Crippen molar-refractivity contribution in [2.75, 3.05) is 38.2 Å². The van der Waals surface area contributed by atoms with E-state index in [0.29, 0.717) is 0 Å². The van der Waals surface area contributed by atoms with Gasteiger partial charge in [-0.15, -0.1) is 0 Å². The van der Waals surface area contributed by atoms with Crippen LogP contribution in [0.25, 0.3) is 0 Å². The highest BCUT2D eigenvalue weighted by Gasteiger charge is 2.07. The van der Waals surface area contributed by atoms with E-state index in [2.05, 4.69) is 20.5 Å². The first-order valence-electron chi connectivity index (χ1n) is 5.02. The van der Waals surface area contributed by atoms with Crippen molar-refractivity contribution < 1.29 is 0 Å². The summed E-state index contributed by atoms with van der Waals surface area (Å²) in [6.45, 7) is 5.33. The second kappa shape index (κ2) is 4.93. The maximum atomic E-state index is 4.06. The zero-order valence-corrected chi connectivity index (χ0v) is 8.24. The van der Waals surface area contributed by atoms with E-state index in [-0.39, 0.29) is 0 Å². The maximum Gasteiger partial charge on any atom is 0.0679 e. The molecular weight excluding hydrogens is 176 g/mol. The third-order valence-electron chi connectivity index (χ3n) is 2.38. The van der Waals surface area contributed by atoms with Gasteiger partial charge in [-0.25, -0.2) is 0 Å². The van der Waals surface area contributed by atoms with Crippen LogP contribution in [-0.4, -0.2) is 42.7 Å². The lowest BCUT2D eigenvalue weighted by molar-refractivity contribution is 0.256. The van der Waals surface area contributed by atoms with Gasteiger partial charge in [0.05, 0.1) is 12.4 Å². The number of nitrogens with zero attached hydrogens (tertiary/aromatic N) is 2. The summed E-state index contributed by atoms with van der Waals surface area (Å²) in [5, 5.41) is 6.68. The quantitative estimate of drug-likeness (QED) is 0.725. The minimum atomic E-state index is 0.910. The van der Waals surface area contributed by atoms with Crippen LogP contribution in [0.5, 0.6) is 0 Å². The van der Waals surface area contributed by atoms with Crippen LogP contribution in [0.3, 0.4) is 0 Å². The van der Waals surface area contributed by atoms with Crippen molar-refractivity contribution >= 4 is 5.69 Å². The number of aromatic nitrogens is 1. The topological polar surface area (TPSA) is 40.2 Å². The standard InChI is InChI=1S/C10H16N4/c1-2-10(8-12-3-1)13-9-14-6-4-11-5-7-14/h1-3,8,11,13H,4-7,9H2. The summed E-state index contributed by atoms with van der Waals surface area (Å²) in [5.74, 6) is 0. The SMILES string of the molecule is c1cncc(NCN2CCNCC2)c1. The van der Waals surface area contributed by atoms with Crippen molar-refractivity contribution in [2.45, 2.75) is 0 Å². The van der Waals surface area contributed by atoms with Crippen LogP contribution in [-0.2, 0) is 0 Å². The van der Waals surface area contributed by atoms with E-state index in [1.54, 1.807) is 6.20 Å². The van der Waals surface area contributed by atoms with Gasteiger partial charge in [-0.1, -0.05) is 0 Å². The molecule has 1 aromatic rings. The maximum absolute atomic E-state index is 4.06. The molecule has 0 aliphatic carbocycles. The van der Waals surface area contributed by atoms with E-state index in [9.17, 15) is 0 Å². The predicted molar refractivity (Wildman–Crippen MR) is 57.2 cm³/mol. The van der Waals surface area contributed by atoms with Crippen LogP contribution < -0.4 is 10.6 Å². The van der Waals surface area contributed by atoms with Crippen molar-refractivity contribution in [3.8, 4) is 0 Å². The Morgan fingerprint density at radius 2 is 2.29 bits per heavy atom. The molecule has 76 valence electrons. The average Bonchev–Trinajstić information content (AvgIpc) is 2.29. The van der Waals surface area contributed by atoms with Gasteiger partial charge in [0.2, 0.25) is 0 Å². The van der Waals surface area contributed by atoms with Gasteiger partial charge in [0.1, 0.15) is 0 Å². The van der Waals surface area contributed by atoms with Gasteiger partial charge < -0.3 is 10.6 Å². The molecule has 2 N–H and O–H groups in total. The van der Waals surface area contributed by atoms with Crippen LogP contribution in [0.4, 0.5) is 5.69 Å². The average molecular weight is 192 g/mol.